The number of hydrogen-bond acceptors (Lipinski definition) is 7. The van der Waals surface area contributed by atoms with E-state index in [4.69, 9.17) is 4.74 Å². The molecule has 1 saturated heterocycles. The lowest BCUT2D eigenvalue weighted by molar-refractivity contribution is -0.132. The number of phenolic OH excluding ortho intramolecular Hbond substituents is 1. The summed E-state index contributed by atoms with van der Waals surface area (Å²) < 4.78 is 18.6. The van der Waals surface area contributed by atoms with Crippen molar-refractivity contribution in [3.63, 3.8) is 0 Å². The van der Waals surface area contributed by atoms with Crippen LogP contribution in [-0.4, -0.2) is 34.0 Å². The summed E-state index contributed by atoms with van der Waals surface area (Å²) in [5, 5.41) is 21.3. The third kappa shape index (κ3) is 3.50. The van der Waals surface area contributed by atoms with Gasteiger partial charge in [0.15, 0.2) is 16.6 Å². The van der Waals surface area contributed by atoms with Crippen LogP contribution >= 0.6 is 11.3 Å². The first-order valence-corrected chi connectivity index (χ1v) is 10.4. The molecule has 0 saturated carbocycles. The monoisotopic (exact) mass is 454 g/mol. The number of aliphatic hydroxyl groups is 1. The molecule has 0 aliphatic carbocycles. The van der Waals surface area contributed by atoms with Crippen molar-refractivity contribution < 1.29 is 28.9 Å². The molecule has 1 atom stereocenters. The number of amides is 1. The number of anilines is 1. The first-order chi connectivity index (χ1) is 15.2. The zero-order chi connectivity index (χ0) is 23.2. The van der Waals surface area contributed by atoms with Crippen molar-refractivity contribution in [2.75, 3.05) is 12.0 Å². The third-order valence-electron chi connectivity index (χ3n) is 5.30. The van der Waals surface area contributed by atoms with Crippen molar-refractivity contribution in [3.05, 3.63) is 75.6 Å². The SMILES string of the molecule is COc1cc([C@H]2C(=C(O)c3ccc(F)cc3)C(=O)C(=O)N2c2nc(C)c(C)s2)ccc1O. The molecule has 1 aliphatic heterocycles. The van der Waals surface area contributed by atoms with Crippen LogP contribution in [0.25, 0.3) is 5.76 Å². The van der Waals surface area contributed by atoms with Crippen LogP contribution in [0.5, 0.6) is 11.5 Å². The lowest BCUT2D eigenvalue weighted by atomic mass is 9.95. The predicted molar refractivity (Wildman–Crippen MR) is 117 cm³/mol. The van der Waals surface area contributed by atoms with E-state index in [1.807, 2.05) is 6.92 Å². The highest BCUT2D eigenvalue weighted by Crippen LogP contribution is 2.45. The molecule has 0 unspecified atom stereocenters. The number of carbonyl (C=O) groups is 2. The van der Waals surface area contributed by atoms with Crippen LogP contribution in [0, 0.1) is 19.7 Å². The minimum absolute atomic E-state index is 0.118. The van der Waals surface area contributed by atoms with Gasteiger partial charge in [-0.1, -0.05) is 6.07 Å². The fourth-order valence-electron chi connectivity index (χ4n) is 3.53. The quantitative estimate of drug-likeness (QED) is 0.348. The zero-order valence-electron chi connectivity index (χ0n) is 17.4. The molecular formula is C23H19FN2O5S. The summed E-state index contributed by atoms with van der Waals surface area (Å²) in [5.74, 6) is -2.66. The second-order valence-corrected chi connectivity index (χ2v) is 8.43. The molecule has 1 aliphatic rings. The van der Waals surface area contributed by atoms with E-state index in [1.165, 1.54) is 53.7 Å². The topological polar surface area (TPSA) is 100.0 Å². The highest BCUT2D eigenvalue weighted by atomic mass is 32.1. The molecule has 32 heavy (non-hydrogen) atoms. The van der Waals surface area contributed by atoms with Gasteiger partial charge in [0.05, 0.1) is 24.4 Å². The van der Waals surface area contributed by atoms with Gasteiger partial charge in [-0.15, -0.1) is 11.3 Å². The first-order valence-electron chi connectivity index (χ1n) is 9.60. The van der Waals surface area contributed by atoms with Crippen LogP contribution in [-0.2, 0) is 9.59 Å². The van der Waals surface area contributed by atoms with Gasteiger partial charge in [-0.05, 0) is 55.8 Å². The molecule has 0 spiro atoms. The number of halogens is 1. The Hall–Kier alpha value is -3.72. The fourth-order valence-corrected chi connectivity index (χ4v) is 4.47. The molecule has 2 N–H and O–H groups in total. The molecule has 164 valence electrons. The number of Topliss-reactive ketones (excluding diaryl/α,β-unsaturated/α-hetero) is 1. The van der Waals surface area contributed by atoms with Crippen molar-refractivity contribution in [1.29, 1.82) is 0 Å². The number of carbonyl (C=O) groups excluding carboxylic acids is 2. The van der Waals surface area contributed by atoms with E-state index in [-0.39, 0.29) is 22.6 Å². The van der Waals surface area contributed by atoms with Crippen molar-refractivity contribution in [3.8, 4) is 11.5 Å². The number of ether oxygens (including phenoxy) is 1. The Morgan fingerprint density at radius 1 is 1.16 bits per heavy atom. The molecule has 2 aromatic carbocycles. The fraction of sp³-hybridized carbons (Fsp3) is 0.174. The van der Waals surface area contributed by atoms with Gasteiger partial charge in [0.1, 0.15) is 11.6 Å². The third-order valence-corrected chi connectivity index (χ3v) is 6.38. The molecule has 2 heterocycles. The molecule has 1 fully saturated rings. The molecule has 0 radical (unpaired) electrons. The maximum atomic E-state index is 13.4. The van der Waals surface area contributed by atoms with Crippen molar-refractivity contribution in [2.45, 2.75) is 19.9 Å². The number of ketones is 1. The summed E-state index contributed by atoms with van der Waals surface area (Å²) in [6.07, 6.45) is 0. The lowest BCUT2D eigenvalue weighted by Gasteiger charge is -2.23. The predicted octanol–water partition coefficient (Wildman–Crippen LogP) is 4.24. The smallest absolute Gasteiger partial charge is 0.301 e. The summed E-state index contributed by atoms with van der Waals surface area (Å²) in [6, 6.07) is 8.32. The maximum Gasteiger partial charge on any atom is 0.301 e. The molecule has 3 aromatic rings. The number of aromatic hydroxyl groups is 1. The van der Waals surface area contributed by atoms with Crippen LogP contribution in [0.1, 0.15) is 27.7 Å². The van der Waals surface area contributed by atoms with Gasteiger partial charge in [0, 0.05) is 10.4 Å². The number of nitrogens with zero attached hydrogens (tertiary/aromatic N) is 2. The lowest BCUT2D eigenvalue weighted by Crippen LogP contribution is -2.29. The Kier molecular flexibility index (Phi) is 5.43. The van der Waals surface area contributed by atoms with Gasteiger partial charge >= 0.3 is 5.91 Å². The zero-order valence-corrected chi connectivity index (χ0v) is 18.2. The molecule has 1 aromatic heterocycles. The molecule has 7 nitrogen and oxygen atoms in total. The van der Waals surface area contributed by atoms with Crippen LogP contribution in [0.4, 0.5) is 9.52 Å². The van der Waals surface area contributed by atoms with Gasteiger partial charge in [-0.3, -0.25) is 14.5 Å². The number of thiazole rings is 1. The average molecular weight is 454 g/mol. The summed E-state index contributed by atoms with van der Waals surface area (Å²) in [5.41, 5.74) is 1.16. The van der Waals surface area contributed by atoms with Crippen molar-refractivity contribution >= 4 is 33.9 Å². The van der Waals surface area contributed by atoms with E-state index < -0.39 is 29.3 Å². The molecular weight excluding hydrogens is 435 g/mol. The number of rotatable bonds is 4. The highest BCUT2D eigenvalue weighted by molar-refractivity contribution is 7.16. The molecule has 9 heteroatoms. The summed E-state index contributed by atoms with van der Waals surface area (Å²) >= 11 is 1.25. The Morgan fingerprint density at radius 3 is 2.44 bits per heavy atom. The number of aromatic nitrogens is 1. The van der Waals surface area contributed by atoms with Crippen LogP contribution < -0.4 is 9.64 Å². The first kappa shape index (κ1) is 21.5. The van der Waals surface area contributed by atoms with Crippen LogP contribution in [0.3, 0.4) is 0 Å². The van der Waals surface area contributed by atoms with Crippen LogP contribution in [0.2, 0.25) is 0 Å². The molecule has 0 bridgehead atoms. The number of phenols is 1. The number of methoxy groups -OCH3 is 1. The second-order valence-electron chi connectivity index (χ2n) is 7.25. The molecule has 4 rings (SSSR count). The van der Waals surface area contributed by atoms with Gasteiger partial charge in [0.25, 0.3) is 5.78 Å². The summed E-state index contributed by atoms with van der Waals surface area (Å²) in [7, 11) is 1.38. The Labute approximate surface area is 187 Å². The Morgan fingerprint density at radius 2 is 1.84 bits per heavy atom. The Bertz CT molecular complexity index is 1250. The normalized spacial score (nSPS) is 17.8. The highest BCUT2D eigenvalue weighted by Gasteiger charge is 2.48. The largest absolute Gasteiger partial charge is 0.507 e. The van der Waals surface area contributed by atoms with Gasteiger partial charge in [-0.25, -0.2) is 9.37 Å². The van der Waals surface area contributed by atoms with Gasteiger partial charge in [-0.2, -0.15) is 0 Å². The molecule has 1 amide bonds. The minimum atomic E-state index is -1.03. The summed E-state index contributed by atoms with van der Waals surface area (Å²) in [4.78, 5) is 32.7. The number of benzene rings is 2. The standard InChI is InChI=1S/C23H19FN2O5S/c1-11-12(2)32-23(25-11)26-19(14-6-9-16(27)17(10-14)31-3)18(21(29)22(26)30)20(28)13-4-7-15(24)8-5-13/h4-10,19,27-28H,1-3H3/t19-/m0/s1. The second kappa shape index (κ2) is 8.08. The number of aryl methyl sites for hydroxylation is 2. The van der Waals surface area contributed by atoms with E-state index in [0.717, 1.165) is 17.0 Å². The van der Waals surface area contributed by atoms with Crippen molar-refractivity contribution in [2.24, 2.45) is 0 Å². The minimum Gasteiger partial charge on any atom is -0.507 e. The van der Waals surface area contributed by atoms with E-state index in [9.17, 15) is 24.2 Å². The van der Waals surface area contributed by atoms with Gasteiger partial charge < -0.3 is 14.9 Å². The van der Waals surface area contributed by atoms with E-state index in [0.29, 0.717) is 16.4 Å². The van der Waals surface area contributed by atoms with Crippen LogP contribution in [0.15, 0.2) is 48.0 Å². The Balaban J connectivity index is 1.97. The number of aliphatic hydroxyl groups excluding tert-OH is 1. The maximum absolute atomic E-state index is 13.4. The van der Waals surface area contributed by atoms with E-state index in [2.05, 4.69) is 4.98 Å². The summed E-state index contributed by atoms with van der Waals surface area (Å²) in [6.45, 7) is 3.65. The van der Waals surface area contributed by atoms with E-state index >= 15 is 0 Å². The number of hydrogen-bond donors (Lipinski definition) is 2. The van der Waals surface area contributed by atoms with Gasteiger partial charge in [0.2, 0.25) is 0 Å². The average Bonchev–Trinajstić information content (AvgIpc) is 3.24. The van der Waals surface area contributed by atoms with E-state index in [1.54, 1.807) is 6.92 Å². The van der Waals surface area contributed by atoms with Crippen molar-refractivity contribution in [1.82, 2.24) is 4.98 Å².